The highest BCUT2D eigenvalue weighted by Gasteiger charge is 2.41. The molecule has 4 aliphatic rings. The zero-order valence-electron chi connectivity index (χ0n) is 21.1. The van der Waals surface area contributed by atoms with Crippen LogP contribution in [-0.4, -0.2) is 74.0 Å². The van der Waals surface area contributed by atoms with Crippen LogP contribution >= 0.6 is 0 Å². The van der Waals surface area contributed by atoms with E-state index in [1.165, 1.54) is 12.0 Å². The summed E-state index contributed by atoms with van der Waals surface area (Å²) in [6.07, 6.45) is 8.89. The van der Waals surface area contributed by atoms with Crippen molar-refractivity contribution in [1.82, 2.24) is 30.3 Å². The van der Waals surface area contributed by atoms with Gasteiger partial charge in [0.05, 0.1) is 6.20 Å². The van der Waals surface area contributed by atoms with Crippen molar-refractivity contribution in [3.63, 3.8) is 0 Å². The monoisotopic (exact) mass is 514 g/mol. The van der Waals surface area contributed by atoms with Crippen LogP contribution in [0.2, 0.25) is 0 Å². The van der Waals surface area contributed by atoms with Crippen molar-refractivity contribution in [3.8, 4) is 5.75 Å². The Morgan fingerprint density at radius 1 is 1.03 bits per heavy atom. The molecule has 3 atom stereocenters. The molecular weight excluding hydrogens is 484 g/mol. The molecule has 2 aromatic heterocycles. The van der Waals surface area contributed by atoms with Crippen LogP contribution in [-0.2, 0) is 16.1 Å². The summed E-state index contributed by atoms with van der Waals surface area (Å²) in [6, 6.07) is 7.51. The maximum atomic E-state index is 13.0. The number of likely N-dealkylation sites (tertiary alicyclic amines) is 1. The number of H-pyrrole nitrogens is 1. The number of rotatable bonds is 5. The Labute approximate surface area is 219 Å². The molecule has 3 amide bonds. The van der Waals surface area contributed by atoms with Crippen molar-refractivity contribution in [2.75, 3.05) is 13.1 Å². The molecule has 7 rings (SSSR count). The first-order valence-electron chi connectivity index (χ1n) is 13.5. The van der Waals surface area contributed by atoms with Crippen LogP contribution in [0, 0.1) is 0 Å². The zero-order chi connectivity index (χ0) is 25.8. The minimum Gasteiger partial charge on any atom is -0.489 e. The van der Waals surface area contributed by atoms with Crippen LogP contribution in [0.25, 0.3) is 11.0 Å². The lowest BCUT2D eigenvalue weighted by Crippen LogP contribution is -2.57. The van der Waals surface area contributed by atoms with Crippen LogP contribution < -0.4 is 10.1 Å². The number of nitrogens with zero attached hydrogens (tertiary/aromatic N) is 4. The van der Waals surface area contributed by atoms with E-state index >= 15 is 0 Å². The van der Waals surface area contributed by atoms with E-state index in [9.17, 15) is 14.4 Å². The molecule has 1 saturated carbocycles. The SMILES string of the molecule is O=C1CCC(N2Cc3cc(OC4CCCCC4N4CC(c5ccnc6[nH]ncc56)C4)ccc3C2=O)C(=O)N1. The Kier molecular flexibility index (Phi) is 5.65. The number of aromatic nitrogens is 3. The summed E-state index contributed by atoms with van der Waals surface area (Å²) in [6.45, 7) is 2.34. The van der Waals surface area contributed by atoms with Crippen molar-refractivity contribution >= 4 is 28.8 Å². The zero-order valence-corrected chi connectivity index (χ0v) is 21.1. The molecule has 2 saturated heterocycles. The Hall–Kier alpha value is -3.79. The van der Waals surface area contributed by atoms with E-state index in [0.717, 1.165) is 54.7 Å². The largest absolute Gasteiger partial charge is 0.489 e. The highest BCUT2D eigenvalue weighted by molar-refractivity contribution is 6.05. The summed E-state index contributed by atoms with van der Waals surface area (Å²) in [5.74, 6) is 0.398. The number of nitrogens with one attached hydrogen (secondary N) is 2. The molecule has 10 nitrogen and oxygen atoms in total. The van der Waals surface area contributed by atoms with Gasteiger partial charge in [0.25, 0.3) is 5.91 Å². The van der Waals surface area contributed by atoms with E-state index in [2.05, 4.69) is 31.5 Å². The average Bonchev–Trinajstić information content (AvgIpc) is 3.49. The lowest BCUT2D eigenvalue weighted by Gasteiger charge is -2.48. The fourth-order valence-electron chi connectivity index (χ4n) is 6.64. The van der Waals surface area contributed by atoms with Gasteiger partial charge in [-0.15, -0.1) is 0 Å². The Bertz CT molecular complexity index is 1430. The summed E-state index contributed by atoms with van der Waals surface area (Å²) in [5, 5.41) is 10.6. The lowest BCUT2D eigenvalue weighted by atomic mass is 9.84. The van der Waals surface area contributed by atoms with E-state index in [1.54, 1.807) is 4.90 Å². The Balaban J connectivity index is 1.03. The number of aromatic amines is 1. The number of carbonyl (C=O) groups is 3. The van der Waals surface area contributed by atoms with Gasteiger partial charge in [0.1, 0.15) is 17.9 Å². The first-order chi connectivity index (χ1) is 18.5. The second-order valence-electron chi connectivity index (χ2n) is 10.9. The molecule has 3 unspecified atom stereocenters. The summed E-state index contributed by atoms with van der Waals surface area (Å²) in [7, 11) is 0. The molecule has 1 aromatic carbocycles. The number of fused-ring (bicyclic) bond motifs is 2. The summed E-state index contributed by atoms with van der Waals surface area (Å²) < 4.78 is 6.58. The van der Waals surface area contributed by atoms with Gasteiger partial charge in [-0.2, -0.15) is 5.10 Å². The number of imide groups is 1. The lowest BCUT2D eigenvalue weighted by molar-refractivity contribution is -0.136. The third-order valence-corrected chi connectivity index (χ3v) is 8.66. The normalized spacial score (nSPS) is 26.4. The Morgan fingerprint density at radius 2 is 1.89 bits per heavy atom. The average molecular weight is 515 g/mol. The number of piperidine rings is 1. The first kappa shape index (κ1) is 23.3. The molecule has 196 valence electrons. The maximum Gasteiger partial charge on any atom is 0.255 e. The van der Waals surface area contributed by atoms with Crippen molar-refractivity contribution in [3.05, 3.63) is 53.3 Å². The molecular formula is C28H30N6O4. The van der Waals surface area contributed by atoms with Crippen LogP contribution in [0.1, 0.15) is 65.9 Å². The summed E-state index contributed by atoms with van der Waals surface area (Å²) in [5.41, 5.74) is 3.62. The minimum absolute atomic E-state index is 0.0949. The van der Waals surface area contributed by atoms with E-state index in [1.807, 2.05) is 30.6 Å². The van der Waals surface area contributed by atoms with E-state index in [-0.39, 0.29) is 24.3 Å². The second kappa shape index (κ2) is 9.20. The molecule has 3 aliphatic heterocycles. The quantitative estimate of drug-likeness (QED) is 0.502. The molecule has 2 N–H and O–H groups in total. The highest BCUT2D eigenvalue weighted by atomic mass is 16.5. The summed E-state index contributed by atoms with van der Waals surface area (Å²) >= 11 is 0. The van der Waals surface area contributed by atoms with Gasteiger partial charge >= 0.3 is 0 Å². The van der Waals surface area contributed by atoms with Gasteiger partial charge in [-0.3, -0.25) is 29.7 Å². The molecule has 0 bridgehead atoms. The summed E-state index contributed by atoms with van der Waals surface area (Å²) in [4.78, 5) is 45.4. The van der Waals surface area contributed by atoms with Crippen LogP contribution in [0.4, 0.5) is 0 Å². The van der Waals surface area contributed by atoms with Crippen molar-refractivity contribution < 1.29 is 19.1 Å². The molecule has 10 heteroatoms. The number of amides is 3. The van der Waals surface area contributed by atoms with Gasteiger partial charge in [0, 0.05) is 55.2 Å². The molecule has 3 aromatic rings. The maximum absolute atomic E-state index is 13.0. The van der Waals surface area contributed by atoms with Crippen molar-refractivity contribution in [2.24, 2.45) is 0 Å². The fourth-order valence-corrected chi connectivity index (χ4v) is 6.64. The molecule has 5 heterocycles. The van der Waals surface area contributed by atoms with Gasteiger partial charge in [0.15, 0.2) is 5.65 Å². The standard InChI is InChI=1S/C28H30N6O4/c35-25-8-7-23(27(36)31-25)34-15-16-11-18(5-6-20(16)28(34)37)38-24-4-2-1-3-22(24)33-13-17(14-33)19-9-10-29-26-21(19)12-30-32-26/h5-6,9-12,17,22-24H,1-4,7-8,13-15H2,(H,29,30,32)(H,31,35,36). The second-order valence-corrected chi connectivity index (χ2v) is 10.9. The minimum atomic E-state index is -0.609. The number of hydrogen-bond donors (Lipinski definition) is 2. The van der Waals surface area contributed by atoms with Crippen LogP contribution in [0.15, 0.2) is 36.7 Å². The van der Waals surface area contributed by atoms with Gasteiger partial charge in [-0.25, -0.2) is 4.98 Å². The number of hydrogen-bond acceptors (Lipinski definition) is 7. The third kappa shape index (κ3) is 3.94. The van der Waals surface area contributed by atoms with Gasteiger partial charge in [0.2, 0.25) is 11.8 Å². The van der Waals surface area contributed by atoms with Gasteiger partial charge in [-0.1, -0.05) is 6.42 Å². The molecule has 1 aliphatic carbocycles. The van der Waals surface area contributed by atoms with Crippen molar-refractivity contribution in [1.29, 1.82) is 0 Å². The predicted octanol–water partition coefficient (Wildman–Crippen LogP) is 2.51. The first-order valence-corrected chi connectivity index (χ1v) is 13.5. The smallest absolute Gasteiger partial charge is 0.255 e. The molecule has 3 fully saturated rings. The number of benzene rings is 1. The van der Waals surface area contributed by atoms with Crippen LogP contribution in [0.3, 0.4) is 0 Å². The van der Waals surface area contributed by atoms with E-state index in [4.69, 9.17) is 4.74 Å². The Morgan fingerprint density at radius 3 is 2.76 bits per heavy atom. The van der Waals surface area contributed by atoms with E-state index in [0.29, 0.717) is 30.5 Å². The molecule has 0 radical (unpaired) electrons. The number of ether oxygens (including phenoxy) is 1. The number of carbonyl (C=O) groups excluding carboxylic acids is 3. The predicted molar refractivity (Wildman–Crippen MR) is 137 cm³/mol. The highest BCUT2D eigenvalue weighted by Crippen LogP contribution is 2.38. The van der Waals surface area contributed by atoms with Crippen molar-refractivity contribution in [2.45, 2.75) is 69.2 Å². The fraction of sp³-hybridized carbons (Fsp3) is 0.464. The molecule has 38 heavy (non-hydrogen) atoms. The van der Waals surface area contributed by atoms with Crippen LogP contribution in [0.5, 0.6) is 5.75 Å². The third-order valence-electron chi connectivity index (χ3n) is 8.66. The van der Waals surface area contributed by atoms with E-state index < -0.39 is 11.9 Å². The number of pyridine rings is 1. The molecule has 0 spiro atoms. The van der Waals surface area contributed by atoms with Gasteiger partial charge in [-0.05, 0) is 61.1 Å². The topological polar surface area (TPSA) is 121 Å². The van der Waals surface area contributed by atoms with Gasteiger partial charge < -0.3 is 9.64 Å².